The fraction of sp³-hybridized carbons (Fsp3) is 0.375. The molecule has 0 aliphatic rings. The van der Waals surface area contributed by atoms with Gasteiger partial charge in [-0.3, -0.25) is 4.79 Å². The van der Waals surface area contributed by atoms with E-state index < -0.39 is 0 Å². The first-order chi connectivity index (χ1) is 10.2. The van der Waals surface area contributed by atoms with E-state index >= 15 is 0 Å². The summed E-state index contributed by atoms with van der Waals surface area (Å²) in [5.41, 5.74) is 1.36. The predicted molar refractivity (Wildman–Crippen MR) is 82.5 cm³/mol. The number of aromatic nitrogens is 1. The molecule has 0 unspecified atom stereocenters. The fourth-order valence-electron chi connectivity index (χ4n) is 1.67. The summed E-state index contributed by atoms with van der Waals surface area (Å²) in [5.74, 6) is 1.36. The van der Waals surface area contributed by atoms with Crippen LogP contribution in [0.4, 0.5) is 5.69 Å². The Bertz CT molecular complexity index is 547. The SMILES string of the molecule is CC.CCOc1ccc(NC(=O)Cc2cc(C)on2)cc1. The number of carbonyl (C=O) groups is 1. The van der Waals surface area contributed by atoms with Gasteiger partial charge < -0.3 is 14.6 Å². The standard InChI is InChI=1S/C14H16N2O3.C2H6/c1-3-18-13-6-4-11(5-7-13)15-14(17)9-12-8-10(2)19-16-12;1-2/h4-8H,3,9H2,1-2H3,(H,15,17);1-2H3. The van der Waals surface area contributed by atoms with Gasteiger partial charge in [-0.1, -0.05) is 19.0 Å². The average molecular weight is 290 g/mol. The van der Waals surface area contributed by atoms with Crippen LogP contribution in [-0.4, -0.2) is 17.7 Å². The van der Waals surface area contributed by atoms with Crippen LogP contribution in [0.2, 0.25) is 0 Å². The quantitative estimate of drug-likeness (QED) is 0.914. The molecule has 5 heteroatoms. The third kappa shape index (κ3) is 5.69. The van der Waals surface area contributed by atoms with Gasteiger partial charge in [-0.2, -0.15) is 0 Å². The van der Waals surface area contributed by atoms with Crippen LogP contribution in [0.15, 0.2) is 34.9 Å². The number of rotatable bonds is 5. The lowest BCUT2D eigenvalue weighted by atomic mass is 10.2. The molecular weight excluding hydrogens is 268 g/mol. The maximum absolute atomic E-state index is 11.8. The van der Waals surface area contributed by atoms with E-state index in [1.54, 1.807) is 25.1 Å². The molecule has 0 saturated heterocycles. The Kier molecular flexibility index (Phi) is 7.01. The number of hydrogen-bond acceptors (Lipinski definition) is 4. The summed E-state index contributed by atoms with van der Waals surface area (Å²) in [4.78, 5) is 11.8. The van der Waals surface area contributed by atoms with Gasteiger partial charge in [0.2, 0.25) is 5.91 Å². The normalized spacial score (nSPS) is 9.52. The van der Waals surface area contributed by atoms with E-state index in [0.717, 1.165) is 11.4 Å². The molecule has 1 aromatic heterocycles. The van der Waals surface area contributed by atoms with Crippen molar-refractivity contribution >= 4 is 11.6 Å². The van der Waals surface area contributed by atoms with Crippen LogP contribution in [-0.2, 0) is 11.2 Å². The van der Waals surface area contributed by atoms with Crippen LogP contribution in [0.3, 0.4) is 0 Å². The average Bonchev–Trinajstić information content (AvgIpc) is 2.88. The van der Waals surface area contributed by atoms with Crippen molar-refractivity contribution < 1.29 is 14.1 Å². The van der Waals surface area contributed by atoms with Crippen molar-refractivity contribution in [2.24, 2.45) is 0 Å². The van der Waals surface area contributed by atoms with Gasteiger partial charge in [0.15, 0.2) is 0 Å². The first kappa shape index (κ1) is 16.8. The molecule has 1 heterocycles. The van der Waals surface area contributed by atoms with Crippen LogP contribution in [0.1, 0.15) is 32.2 Å². The van der Waals surface area contributed by atoms with E-state index in [9.17, 15) is 4.79 Å². The highest BCUT2D eigenvalue weighted by Crippen LogP contribution is 2.15. The van der Waals surface area contributed by atoms with Crippen molar-refractivity contribution in [3.8, 4) is 5.75 Å². The third-order valence-electron chi connectivity index (χ3n) is 2.47. The minimum atomic E-state index is -0.127. The van der Waals surface area contributed by atoms with Crippen molar-refractivity contribution in [3.63, 3.8) is 0 Å². The molecule has 0 aliphatic carbocycles. The Hall–Kier alpha value is -2.30. The number of hydrogen-bond donors (Lipinski definition) is 1. The van der Waals surface area contributed by atoms with Crippen LogP contribution in [0.25, 0.3) is 0 Å². The zero-order valence-corrected chi connectivity index (χ0v) is 13.0. The van der Waals surface area contributed by atoms with E-state index in [1.807, 2.05) is 32.9 Å². The van der Waals surface area contributed by atoms with Gasteiger partial charge in [0.25, 0.3) is 0 Å². The Labute approximate surface area is 125 Å². The first-order valence-corrected chi connectivity index (χ1v) is 7.12. The van der Waals surface area contributed by atoms with Crippen LogP contribution < -0.4 is 10.1 Å². The summed E-state index contributed by atoms with van der Waals surface area (Å²) in [6.45, 7) is 8.34. The predicted octanol–water partition coefficient (Wildman–Crippen LogP) is 3.59. The number of carbonyl (C=O) groups excluding carboxylic acids is 1. The first-order valence-electron chi connectivity index (χ1n) is 7.12. The molecule has 0 aliphatic heterocycles. The van der Waals surface area contributed by atoms with Crippen molar-refractivity contribution in [1.82, 2.24) is 5.16 Å². The van der Waals surface area contributed by atoms with E-state index in [2.05, 4.69) is 10.5 Å². The monoisotopic (exact) mass is 290 g/mol. The van der Waals surface area contributed by atoms with Gasteiger partial charge in [0, 0.05) is 11.8 Å². The van der Waals surface area contributed by atoms with E-state index in [4.69, 9.17) is 9.26 Å². The largest absolute Gasteiger partial charge is 0.494 e. The Morgan fingerprint density at radius 3 is 2.48 bits per heavy atom. The lowest BCUT2D eigenvalue weighted by Crippen LogP contribution is -2.14. The Morgan fingerprint density at radius 1 is 1.29 bits per heavy atom. The topological polar surface area (TPSA) is 64.4 Å². The van der Waals surface area contributed by atoms with Gasteiger partial charge >= 0.3 is 0 Å². The summed E-state index contributed by atoms with van der Waals surface area (Å²) in [6, 6.07) is 8.99. The van der Waals surface area contributed by atoms with Crippen LogP contribution in [0, 0.1) is 6.92 Å². The Balaban J connectivity index is 0.00000106. The summed E-state index contributed by atoms with van der Waals surface area (Å²) >= 11 is 0. The van der Waals surface area contributed by atoms with Gasteiger partial charge in [-0.15, -0.1) is 0 Å². The zero-order chi connectivity index (χ0) is 15.7. The number of amides is 1. The summed E-state index contributed by atoms with van der Waals surface area (Å²) in [5, 5.41) is 6.57. The van der Waals surface area contributed by atoms with Gasteiger partial charge in [0.1, 0.15) is 11.5 Å². The molecule has 1 aromatic carbocycles. The number of nitrogens with one attached hydrogen (secondary N) is 1. The van der Waals surface area contributed by atoms with Crippen molar-refractivity contribution in [2.45, 2.75) is 34.1 Å². The van der Waals surface area contributed by atoms with E-state index in [-0.39, 0.29) is 12.3 Å². The number of nitrogens with zero attached hydrogens (tertiary/aromatic N) is 1. The van der Waals surface area contributed by atoms with Gasteiger partial charge in [0.05, 0.1) is 18.7 Å². The van der Waals surface area contributed by atoms with Gasteiger partial charge in [-0.25, -0.2) is 0 Å². The van der Waals surface area contributed by atoms with Gasteiger partial charge in [-0.05, 0) is 38.1 Å². The molecule has 0 bridgehead atoms. The second-order valence-corrected chi connectivity index (χ2v) is 4.11. The molecule has 2 aromatic rings. The molecule has 0 saturated carbocycles. The third-order valence-corrected chi connectivity index (χ3v) is 2.47. The molecule has 0 radical (unpaired) electrons. The summed E-state index contributed by atoms with van der Waals surface area (Å²) in [6.07, 6.45) is 0.199. The second kappa shape index (κ2) is 8.79. The lowest BCUT2D eigenvalue weighted by molar-refractivity contribution is -0.115. The maximum atomic E-state index is 11.8. The van der Waals surface area contributed by atoms with Crippen molar-refractivity contribution in [1.29, 1.82) is 0 Å². The molecule has 0 atom stereocenters. The van der Waals surface area contributed by atoms with Crippen LogP contribution >= 0.6 is 0 Å². The molecule has 0 spiro atoms. The molecule has 114 valence electrons. The summed E-state index contributed by atoms with van der Waals surface area (Å²) in [7, 11) is 0. The summed E-state index contributed by atoms with van der Waals surface area (Å²) < 4.78 is 10.2. The number of ether oxygens (including phenoxy) is 1. The van der Waals surface area contributed by atoms with E-state index in [0.29, 0.717) is 18.1 Å². The lowest BCUT2D eigenvalue weighted by Gasteiger charge is -2.06. The Morgan fingerprint density at radius 2 is 1.95 bits per heavy atom. The minimum absolute atomic E-state index is 0.127. The molecular formula is C16H22N2O3. The highest BCUT2D eigenvalue weighted by Gasteiger charge is 2.08. The molecule has 1 N–H and O–H groups in total. The maximum Gasteiger partial charge on any atom is 0.230 e. The highest BCUT2D eigenvalue weighted by atomic mass is 16.5. The minimum Gasteiger partial charge on any atom is -0.494 e. The molecule has 21 heavy (non-hydrogen) atoms. The molecule has 2 rings (SSSR count). The van der Waals surface area contributed by atoms with Crippen molar-refractivity contribution in [2.75, 3.05) is 11.9 Å². The smallest absolute Gasteiger partial charge is 0.230 e. The number of aryl methyl sites for hydroxylation is 1. The van der Waals surface area contributed by atoms with Crippen LogP contribution in [0.5, 0.6) is 5.75 Å². The zero-order valence-electron chi connectivity index (χ0n) is 13.0. The molecule has 1 amide bonds. The highest BCUT2D eigenvalue weighted by molar-refractivity contribution is 5.92. The molecule has 0 fully saturated rings. The van der Waals surface area contributed by atoms with Crippen molar-refractivity contribution in [3.05, 3.63) is 41.8 Å². The fourth-order valence-corrected chi connectivity index (χ4v) is 1.67. The second-order valence-electron chi connectivity index (χ2n) is 4.11. The number of benzene rings is 1. The van der Waals surface area contributed by atoms with E-state index in [1.165, 1.54) is 0 Å². The number of anilines is 1. The molecule has 5 nitrogen and oxygen atoms in total.